The number of hydrogen-bond donors (Lipinski definition) is 2. The fraction of sp³-hybridized carbons (Fsp3) is 0.462. The zero-order chi connectivity index (χ0) is 12.3. The summed E-state index contributed by atoms with van der Waals surface area (Å²) in [5.41, 5.74) is 0.686. The number of rotatable bonds is 2. The standard InChI is InChI=1S/C13H16INO2/c14-10-6-2-1-5-9(10)13(17)15-11-7-3-4-8-12(11)16/h1-2,5-6,11-12,16H,3-4,7-8H2,(H,15,17)/t11-,12-/m1/s1. The summed E-state index contributed by atoms with van der Waals surface area (Å²) in [6, 6.07) is 7.40. The Balaban J connectivity index is 2.04. The molecule has 0 aliphatic heterocycles. The Morgan fingerprint density at radius 2 is 2.00 bits per heavy atom. The molecule has 0 bridgehead atoms. The van der Waals surface area contributed by atoms with Gasteiger partial charge in [-0.1, -0.05) is 25.0 Å². The summed E-state index contributed by atoms with van der Waals surface area (Å²) < 4.78 is 0.938. The van der Waals surface area contributed by atoms with Gasteiger partial charge in [0.25, 0.3) is 5.91 Å². The molecule has 1 aliphatic carbocycles. The van der Waals surface area contributed by atoms with Crippen molar-refractivity contribution in [3.63, 3.8) is 0 Å². The van der Waals surface area contributed by atoms with Gasteiger partial charge < -0.3 is 10.4 Å². The summed E-state index contributed by atoms with van der Waals surface area (Å²) >= 11 is 2.15. The van der Waals surface area contributed by atoms with Crippen molar-refractivity contribution in [2.75, 3.05) is 0 Å². The predicted molar refractivity (Wildman–Crippen MR) is 74.9 cm³/mol. The summed E-state index contributed by atoms with van der Waals surface area (Å²) in [7, 11) is 0. The maximum atomic E-state index is 12.1. The summed E-state index contributed by atoms with van der Waals surface area (Å²) in [5, 5.41) is 12.7. The van der Waals surface area contributed by atoms with E-state index in [1.54, 1.807) is 0 Å². The summed E-state index contributed by atoms with van der Waals surface area (Å²) in [6.45, 7) is 0. The van der Waals surface area contributed by atoms with E-state index in [-0.39, 0.29) is 11.9 Å². The number of carbonyl (C=O) groups excluding carboxylic acids is 1. The molecule has 3 nitrogen and oxygen atoms in total. The molecule has 1 amide bonds. The molecule has 0 aromatic heterocycles. The average Bonchev–Trinajstić information content (AvgIpc) is 2.32. The van der Waals surface area contributed by atoms with Crippen molar-refractivity contribution in [2.45, 2.75) is 37.8 Å². The Morgan fingerprint density at radius 3 is 2.71 bits per heavy atom. The lowest BCUT2D eigenvalue weighted by molar-refractivity contribution is 0.0716. The van der Waals surface area contributed by atoms with E-state index < -0.39 is 6.10 Å². The van der Waals surface area contributed by atoms with E-state index >= 15 is 0 Å². The first-order valence-corrected chi connectivity index (χ1v) is 7.00. The Hall–Kier alpha value is -0.620. The highest BCUT2D eigenvalue weighted by molar-refractivity contribution is 14.1. The van der Waals surface area contributed by atoms with Crippen molar-refractivity contribution < 1.29 is 9.90 Å². The second-order valence-electron chi connectivity index (χ2n) is 4.41. The second kappa shape index (κ2) is 5.82. The molecular weight excluding hydrogens is 329 g/mol. The van der Waals surface area contributed by atoms with Crippen molar-refractivity contribution in [1.82, 2.24) is 5.32 Å². The summed E-state index contributed by atoms with van der Waals surface area (Å²) in [5.74, 6) is -0.0825. The normalized spacial score (nSPS) is 24.4. The minimum atomic E-state index is -0.394. The van der Waals surface area contributed by atoms with Crippen molar-refractivity contribution in [3.8, 4) is 0 Å². The van der Waals surface area contributed by atoms with Gasteiger partial charge in [-0.05, 0) is 47.6 Å². The zero-order valence-electron chi connectivity index (χ0n) is 9.53. The lowest BCUT2D eigenvalue weighted by atomic mass is 9.92. The minimum absolute atomic E-state index is 0.0825. The van der Waals surface area contributed by atoms with Crippen LogP contribution in [-0.4, -0.2) is 23.2 Å². The largest absolute Gasteiger partial charge is 0.391 e. The maximum absolute atomic E-state index is 12.1. The predicted octanol–water partition coefficient (Wildman–Crippen LogP) is 2.32. The highest BCUT2D eigenvalue weighted by Crippen LogP contribution is 2.19. The molecule has 0 heterocycles. The van der Waals surface area contributed by atoms with Crippen LogP contribution in [0.15, 0.2) is 24.3 Å². The van der Waals surface area contributed by atoms with Gasteiger partial charge in [-0.3, -0.25) is 4.79 Å². The zero-order valence-corrected chi connectivity index (χ0v) is 11.7. The fourth-order valence-electron chi connectivity index (χ4n) is 2.17. The number of benzene rings is 1. The molecule has 2 atom stereocenters. The number of aliphatic hydroxyl groups is 1. The van der Waals surface area contributed by atoms with Crippen LogP contribution < -0.4 is 5.32 Å². The minimum Gasteiger partial charge on any atom is -0.391 e. The van der Waals surface area contributed by atoms with Gasteiger partial charge in [-0.2, -0.15) is 0 Å². The Bertz CT molecular complexity index is 408. The van der Waals surface area contributed by atoms with Gasteiger partial charge in [-0.15, -0.1) is 0 Å². The molecule has 17 heavy (non-hydrogen) atoms. The molecule has 1 aromatic carbocycles. The fourth-order valence-corrected chi connectivity index (χ4v) is 2.80. The van der Waals surface area contributed by atoms with Crippen LogP contribution in [0.3, 0.4) is 0 Å². The third-order valence-corrected chi connectivity index (χ3v) is 4.11. The molecule has 1 fully saturated rings. The molecular formula is C13H16INO2. The van der Waals surface area contributed by atoms with Crippen LogP contribution in [0.5, 0.6) is 0 Å². The topological polar surface area (TPSA) is 49.3 Å². The number of carbonyl (C=O) groups is 1. The SMILES string of the molecule is O=C(N[C@@H]1CCCC[C@H]1O)c1ccccc1I. The first-order valence-electron chi connectivity index (χ1n) is 5.92. The third kappa shape index (κ3) is 3.19. The van der Waals surface area contributed by atoms with E-state index in [0.29, 0.717) is 5.56 Å². The molecule has 1 saturated carbocycles. The van der Waals surface area contributed by atoms with Crippen LogP contribution in [0.4, 0.5) is 0 Å². The Labute approximate surface area is 115 Å². The lowest BCUT2D eigenvalue weighted by Gasteiger charge is -2.28. The monoisotopic (exact) mass is 345 g/mol. The molecule has 1 aromatic rings. The molecule has 0 unspecified atom stereocenters. The van der Waals surface area contributed by atoms with Gasteiger partial charge in [0.15, 0.2) is 0 Å². The van der Waals surface area contributed by atoms with Crippen LogP contribution in [0.25, 0.3) is 0 Å². The third-order valence-electron chi connectivity index (χ3n) is 3.16. The van der Waals surface area contributed by atoms with E-state index in [1.165, 1.54) is 0 Å². The number of aliphatic hydroxyl groups excluding tert-OH is 1. The van der Waals surface area contributed by atoms with E-state index in [0.717, 1.165) is 29.3 Å². The number of hydrogen-bond acceptors (Lipinski definition) is 2. The number of halogens is 1. The van der Waals surface area contributed by atoms with Gasteiger partial charge in [0.1, 0.15) is 0 Å². The van der Waals surface area contributed by atoms with Crippen molar-refractivity contribution >= 4 is 28.5 Å². The van der Waals surface area contributed by atoms with Crippen LogP contribution in [-0.2, 0) is 0 Å². The lowest BCUT2D eigenvalue weighted by Crippen LogP contribution is -2.45. The van der Waals surface area contributed by atoms with Gasteiger partial charge >= 0.3 is 0 Å². The second-order valence-corrected chi connectivity index (χ2v) is 5.57. The molecule has 0 radical (unpaired) electrons. The van der Waals surface area contributed by atoms with Crippen LogP contribution >= 0.6 is 22.6 Å². The van der Waals surface area contributed by atoms with Crippen molar-refractivity contribution in [1.29, 1.82) is 0 Å². The summed E-state index contributed by atoms with van der Waals surface area (Å²) in [4.78, 5) is 12.1. The van der Waals surface area contributed by atoms with Crippen LogP contribution in [0.1, 0.15) is 36.0 Å². The molecule has 4 heteroatoms. The molecule has 2 N–H and O–H groups in total. The highest BCUT2D eigenvalue weighted by Gasteiger charge is 2.25. The molecule has 92 valence electrons. The van der Waals surface area contributed by atoms with Gasteiger partial charge in [0.05, 0.1) is 17.7 Å². The maximum Gasteiger partial charge on any atom is 0.252 e. The molecule has 0 spiro atoms. The van der Waals surface area contributed by atoms with Crippen LogP contribution in [0.2, 0.25) is 0 Å². The van der Waals surface area contributed by atoms with Gasteiger partial charge in [0.2, 0.25) is 0 Å². The van der Waals surface area contributed by atoms with E-state index in [2.05, 4.69) is 27.9 Å². The van der Waals surface area contributed by atoms with Gasteiger partial charge in [0, 0.05) is 3.57 Å². The number of nitrogens with one attached hydrogen (secondary N) is 1. The highest BCUT2D eigenvalue weighted by atomic mass is 127. The molecule has 2 rings (SSSR count). The van der Waals surface area contributed by atoms with E-state index in [4.69, 9.17) is 0 Å². The Kier molecular flexibility index (Phi) is 4.39. The van der Waals surface area contributed by atoms with E-state index in [1.807, 2.05) is 24.3 Å². The smallest absolute Gasteiger partial charge is 0.252 e. The van der Waals surface area contributed by atoms with Crippen molar-refractivity contribution in [2.24, 2.45) is 0 Å². The van der Waals surface area contributed by atoms with Gasteiger partial charge in [-0.25, -0.2) is 0 Å². The van der Waals surface area contributed by atoms with Crippen molar-refractivity contribution in [3.05, 3.63) is 33.4 Å². The first-order chi connectivity index (χ1) is 8.18. The summed E-state index contributed by atoms with van der Waals surface area (Å²) in [6.07, 6.45) is 3.39. The first kappa shape index (κ1) is 12.8. The molecule has 1 aliphatic rings. The number of amides is 1. The average molecular weight is 345 g/mol. The quantitative estimate of drug-likeness (QED) is 0.809. The van der Waals surface area contributed by atoms with E-state index in [9.17, 15) is 9.90 Å². The molecule has 0 saturated heterocycles. The Morgan fingerprint density at radius 1 is 1.29 bits per heavy atom. The van der Waals surface area contributed by atoms with Crippen LogP contribution in [0, 0.1) is 3.57 Å².